The van der Waals surface area contributed by atoms with Gasteiger partial charge in [-0.2, -0.15) is 0 Å². The van der Waals surface area contributed by atoms with Gasteiger partial charge in [0, 0.05) is 19.0 Å². The number of nitro benzene ring substituents is 1. The second-order valence-corrected chi connectivity index (χ2v) is 4.09. The number of rotatable bonds is 2. The molecule has 1 aromatic rings. The van der Waals surface area contributed by atoms with E-state index in [2.05, 4.69) is 0 Å². The normalized spacial score (nSPS) is 15.8. The Hall–Kier alpha value is -2.18. The number of nitrogens with zero attached hydrogens (tertiary/aromatic N) is 2. The molecule has 18 heavy (non-hydrogen) atoms. The van der Waals surface area contributed by atoms with Crippen LogP contribution in [-0.2, 0) is 4.79 Å². The lowest BCUT2D eigenvalue weighted by Gasteiger charge is -2.27. The van der Waals surface area contributed by atoms with Crippen molar-refractivity contribution in [3.05, 3.63) is 28.1 Å². The summed E-state index contributed by atoms with van der Waals surface area (Å²) in [6, 6.07) is 2.35. The molecule has 0 radical (unpaired) electrons. The Morgan fingerprint density at radius 1 is 1.39 bits per heavy atom. The van der Waals surface area contributed by atoms with Crippen LogP contribution >= 0.6 is 0 Å². The smallest absolute Gasteiger partial charge is 0.295 e. The van der Waals surface area contributed by atoms with Gasteiger partial charge in [-0.15, -0.1) is 0 Å². The Balaban J connectivity index is 2.43. The van der Waals surface area contributed by atoms with E-state index in [-0.39, 0.29) is 11.6 Å². The summed E-state index contributed by atoms with van der Waals surface area (Å²) in [6.45, 7) is 0.410. The van der Waals surface area contributed by atoms with Gasteiger partial charge in [-0.05, 0) is 18.9 Å². The first kappa shape index (κ1) is 12.3. The molecule has 1 saturated heterocycles. The van der Waals surface area contributed by atoms with Crippen LogP contribution in [0.15, 0.2) is 12.1 Å². The SMILES string of the molecule is Nc1c([N+](=O)[O-])ccc(N2CCCCC2=O)c1F. The molecule has 1 aliphatic heterocycles. The molecule has 2 rings (SSSR count). The molecule has 2 N–H and O–H groups in total. The van der Waals surface area contributed by atoms with Crippen LogP contribution in [0.5, 0.6) is 0 Å². The highest BCUT2D eigenvalue weighted by Gasteiger charge is 2.26. The Morgan fingerprint density at radius 2 is 2.11 bits per heavy atom. The van der Waals surface area contributed by atoms with E-state index in [0.29, 0.717) is 13.0 Å². The fourth-order valence-electron chi connectivity index (χ4n) is 2.00. The standard InChI is InChI=1S/C11H12FN3O3/c12-10-7(14-6-2-1-3-9(14)16)4-5-8(11(10)13)15(17)18/h4-5H,1-3,6,13H2. The first-order chi connectivity index (χ1) is 8.52. The van der Waals surface area contributed by atoms with E-state index in [1.54, 1.807) is 0 Å². The van der Waals surface area contributed by atoms with E-state index in [0.717, 1.165) is 18.9 Å². The number of benzene rings is 1. The topological polar surface area (TPSA) is 89.5 Å². The van der Waals surface area contributed by atoms with Crippen molar-refractivity contribution in [3.63, 3.8) is 0 Å². The molecule has 6 nitrogen and oxygen atoms in total. The number of carbonyl (C=O) groups is 1. The van der Waals surface area contributed by atoms with Crippen LogP contribution in [0.2, 0.25) is 0 Å². The van der Waals surface area contributed by atoms with Gasteiger partial charge in [0.05, 0.1) is 10.6 Å². The van der Waals surface area contributed by atoms with Gasteiger partial charge < -0.3 is 10.6 Å². The van der Waals surface area contributed by atoms with Crippen molar-refractivity contribution in [1.82, 2.24) is 0 Å². The van der Waals surface area contributed by atoms with Gasteiger partial charge >= 0.3 is 0 Å². The predicted molar refractivity (Wildman–Crippen MR) is 63.7 cm³/mol. The van der Waals surface area contributed by atoms with E-state index >= 15 is 0 Å². The summed E-state index contributed by atoms with van der Waals surface area (Å²) < 4.78 is 14.0. The molecule has 1 aliphatic rings. The van der Waals surface area contributed by atoms with Crippen LogP contribution in [0.4, 0.5) is 21.5 Å². The summed E-state index contributed by atoms with van der Waals surface area (Å²) in [7, 11) is 0. The molecular weight excluding hydrogens is 241 g/mol. The number of hydrogen-bond donors (Lipinski definition) is 1. The lowest BCUT2D eigenvalue weighted by molar-refractivity contribution is -0.384. The Morgan fingerprint density at radius 3 is 2.72 bits per heavy atom. The summed E-state index contributed by atoms with van der Waals surface area (Å²) in [4.78, 5) is 22.8. The first-order valence-electron chi connectivity index (χ1n) is 5.55. The minimum atomic E-state index is -0.903. The van der Waals surface area contributed by atoms with E-state index in [9.17, 15) is 19.3 Å². The van der Waals surface area contributed by atoms with Crippen LogP contribution in [0, 0.1) is 15.9 Å². The Labute approximate surface area is 102 Å². The number of nitrogen functional groups attached to an aromatic ring is 1. The molecule has 1 heterocycles. The number of anilines is 2. The second-order valence-electron chi connectivity index (χ2n) is 4.09. The first-order valence-corrected chi connectivity index (χ1v) is 5.55. The average Bonchev–Trinajstić information content (AvgIpc) is 2.33. The van der Waals surface area contributed by atoms with Gasteiger partial charge in [-0.25, -0.2) is 4.39 Å². The molecule has 1 amide bonds. The number of nitro groups is 1. The molecule has 1 aromatic carbocycles. The van der Waals surface area contributed by atoms with E-state index in [1.807, 2.05) is 0 Å². The summed E-state index contributed by atoms with van der Waals surface area (Å²) in [5, 5.41) is 10.6. The molecule has 0 bridgehead atoms. The minimum absolute atomic E-state index is 0.0165. The maximum atomic E-state index is 14.0. The van der Waals surface area contributed by atoms with Crippen LogP contribution in [0.1, 0.15) is 19.3 Å². The molecule has 0 unspecified atom stereocenters. The average molecular weight is 253 g/mol. The molecule has 7 heteroatoms. The number of carbonyl (C=O) groups excluding carboxylic acids is 1. The third kappa shape index (κ3) is 1.99. The molecule has 96 valence electrons. The monoisotopic (exact) mass is 253 g/mol. The van der Waals surface area contributed by atoms with Crippen LogP contribution in [-0.4, -0.2) is 17.4 Å². The third-order valence-electron chi connectivity index (χ3n) is 2.95. The molecule has 0 spiro atoms. The second kappa shape index (κ2) is 4.59. The Bertz CT molecular complexity index is 519. The van der Waals surface area contributed by atoms with E-state index < -0.39 is 22.1 Å². The van der Waals surface area contributed by atoms with Gasteiger partial charge in [-0.3, -0.25) is 14.9 Å². The molecule has 0 atom stereocenters. The van der Waals surface area contributed by atoms with Crippen LogP contribution in [0.3, 0.4) is 0 Å². The van der Waals surface area contributed by atoms with Gasteiger partial charge in [0.1, 0.15) is 5.69 Å². The number of halogens is 1. The quantitative estimate of drug-likeness (QED) is 0.494. The zero-order valence-electron chi connectivity index (χ0n) is 9.56. The van der Waals surface area contributed by atoms with Gasteiger partial charge in [0.2, 0.25) is 5.91 Å². The summed E-state index contributed by atoms with van der Waals surface area (Å²) >= 11 is 0. The highest BCUT2D eigenvalue weighted by molar-refractivity contribution is 5.95. The maximum Gasteiger partial charge on any atom is 0.295 e. The zero-order chi connectivity index (χ0) is 13.3. The predicted octanol–water partition coefficient (Wildman–Crippen LogP) is 1.83. The van der Waals surface area contributed by atoms with E-state index in [4.69, 9.17) is 5.73 Å². The molecular formula is C11H12FN3O3. The fraction of sp³-hybridized carbons (Fsp3) is 0.364. The van der Waals surface area contributed by atoms with Crippen molar-refractivity contribution in [1.29, 1.82) is 0 Å². The van der Waals surface area contributed by atoms with Crippen molar-refractivity contribution in [2.45, 2.75) is 19.3 Å². The van der Waals surface area contributed by atoms with Crippen LogP contribution < -0.4 is 10.6 Å². The zero-order valence-corrected chi connectivity index (χ0v) is 9.56. The van der Waals surface area contributed by atoms with Crippen molar-refractivity contribution in [2.24, 2.45) is 0 Å². The Kier molecular flexibility index (Phi) is 3.14. The van der Waals surface area contributed by atoms with Gasteiger partial charge in [0.25, 0.3) is 5.69 Å². The fourth-order valence-corrected chi connectivity index (χ4v) is 2.00. The highest BCUT2D eigenvalue weighted by atomic mass is 19.1. The lowest BCUT2D eigenvalue weighted by atomic mass is 10.1. The molecule has 0 aromatic heterocycles. The number of hydrogen-bond acceptors (Lipinski definition) is 4. The highest BCUT2D eigenvalue weighted by Crippen LogP contribution is 2.33. The third-order valence-corrected chi connectivity index (χ3v) is 2.95. The molecule has 0 aliphatic carbocycles. The largest absolute Gasteiger partial charge is 0.391 e. The summed E-state index contributed by atoms with van der Waals surface area (Å²) in [5.41, 5.74) is 4.38. The molecule has 0 saturated carbocycles. The van der Waals surface area contributed by atoms with Crippen LogP contribution in [0.25, 0.3) is 0 Å². The van der Waals surface area contributed by atoms with Crippen molar-refractivity contribution in [2.75, 3.05) is 17.2 Å². The van der Waals surface area contributed by atoms with Gasteiger partial charge in [-0.1, -0.05) is 0 Å². The summed E-state index contributed by atoms with van der Waals surface area (Å²) in [5.74, 6) is -1.09. The maximum absolute atomic E-state index is 14.0. The van der Waals surface area contributed by atoms with Crippen molar-refractivity contribution >= 4 is 23.0 Å². The number of nitrogens with two attached hydrogens (primary N) is 1. The molecule has 1 fully saturated rings. The lowest BCUT2D eigenvalue weighted by Crippen LogP contribution is -2.35. The number of amides is 1. The minimum Gasteiger partial charge on any atom is -0.391 e. The van der Waals surface area contributed by atoms with Crippen molar-refractivity contribution < 1.29 is 14.1 Å². The summed E-state index contributed by atoms with van der Waals surface area (Å²) in [6.07, 6.45) is 1.91. The van der Waals surface area contributed by atoms with Crippen molar-refractivity contribution in [3.8, 4) is 0 Å². The van der Waals surface area contributed by atoms with Gasteiger partial charge in [0.15, 0.2) is 5.82 Å². The van der Waals surface area contributed by atoms with E-state index in [1.165, 1.54) is 11.0 Å². The number of piperidine rings is 1.